The van der Waals surface area contributed by atoms with E-state index in [1.165, 1.54) is 17.2 Å². The molecule has 0 amide bonds. The Balaban J connectivity index is 1.85. The van der Waals surface area contributed by atoms with Crippen molar-refractivity contribution < 1.29 is 4.39 Å². The van der Waals surface area contributed by atoms with Gasteiger partial charge in [0.05, 0.1) is 15.5 Å². The molecule has 106 valence electrons. The van der Waals surface area contributed by atoms with Crippen LogP contribution in [-0.2, 0) is 12.8 Å². The first kappa shape index (κ1) is 12.8. The zero-order valence-corrected chi connectivity index (χ0v) is 12.8. The monoisotopic (exact) mass is 345 g/mol. The molecule has 0 atom stereocenters. The van der Waals surface area contributed by atoms with Gasteiger partial charge in [-0.1, -0.05) is 24.3 Å². The number of imidazole rings is 1. The molecule has 0 fully saturated rings. The first-order chi connectivity index (χ1) is 10.1. The molecule has 21 heavy (non-hydrogen) atoms. The predicted molar refractivity (Wildman–Crippen MR) is 84.7 cm³/mol. The third-order valence-corrected chi connectivity index (χ3v) is 4.76. The molecule has 0 saturated carbocycles. The summed E-state index contributed by atoms with van der Waals surface area (Å²) in [5.41, 5.74) is 10.2. The van der Waals surface area contributed by atoms with Crippen molar-refractivity contribution in [2.75, 3.05) is 5.73 Å². The highest BCUT2D eigenvalue weighted by molar-refractivity contribution is 9.10. The molecule has 1 aromatic heterocycles. The van der Waals surface area contributed by atoms with Crippen LogP contribution >= 0.6 is 15.9 Å². The van der Waals surface area contributed by atoms with Crippen molar-refractivity contribution in [3.63, 3.8) is 0 Å². The van der Waals surface area contributed by atoms with Crippen LogP contribution < -0.4 is 5.73 Å². The summed E-state index contributed by atoms with van der Waals surface area (Å²) in [5, 5.41) is 0. The van der Waals surface area contributed by atoms with Crippen LogP contribution in [0.25, 0.3) is 11.0 Å². The smallest absolute Gasteiger partial charge is 0.201 e. The molecule has 3 aromatic rings. The van der Waals surface area contributed by atoms with Crippen molar-refractivity contribution in [3.05, 3.63) is 57.8 Å². The third kappa shape index (κ3) is 1.95. The number of halogens is 2. The van der Waals surface area contributed by atoms with E-state index in [4.69, 9.17) is 5.73 Å². The van der Waals surface area contributed by atoms with Crippen LogP contribution in [0.15, 0.2) is 40.9 Å². The number of aromatic nitrogens is 2. The van der Waals surface area contributed by atoms with Crippen LogP contribution in [0.1, 0.15) is 17.2 Å². The van der Waals surface area contributed by atoms with Gasteiger partial charge >= 0.3 is 0 Å². The molecule has 4 rings (SSSR count). The molecule has 0 spiro atoms. The summed E-state index contributed by atoms with van der Waals surface area (Å²) < 4.78 is 16.2. The van der Waals surface area contributed by atoms with E-state index in [1.807, 2.05) is 16.7 Å². The minimum atomic E-state index is -0.292. The van der Waals surface area contributed by atoms with Gasteiger partial charge in [-0.3, -0.25) is 0 Å². The normalized spacial score (nSPS) is 14.8. The molecule has 1 aliphatic carbocycles. The summed E-state index contributed by atoms with van der Waals surface area (Å²) in [7, 11) is 0. The van der Waals surface area contributed by atoms with E-state index in [-0.39, 0.29) is 11.9 Å². The van der Waals surface area contributed by atoms with Crippen molar-refractivity contribution in [1.29, 1.82) is 0 Å². The molecule has 2 N–H and O–H groups in total. The summed E-state index contributed by atoms with van der Waals surface area (Å²) in [4.78, 5) is 4.37. The third-order valence-electron chi connectivity index (χ3n) is 4.15. The minimum absolute atomic E-state index is 0.202. The molecule has 0 radical (unpaired) electrons. The fourth-order valence-corrected chi connectivity index (χ4v) is 3.54. The summed E-state index contributed by atoms with van der Waals surface area (Å²) in [6, 6.07) is 11.8. The largest absolute Gasteiger partial charge is 0.369 e. The Labute approximate surface area is 129 Å². The molecule has 0 aliphatic heterocycles. The lowest BCUT2D eigenvalue weighted by molar-refractivity contribution is 0.549. The van der Waals surface area contributed by atoms with Crippen molar-refractivity contribution in [2.45, 2.75) is 18.9 Å². The first-order valence-electron chi connectivity index (χ1n) is 6.82. The molecule has 1 aliphatic rings. The van der Waals surface area contributed by atoms with Crippen LogP contribution in [0.2, 0.25) is 0 Å². The number of nitrogen functional groups attached to an aromatic ring is 1. The summed E-state index contributed by atoms with van der Waals surface area (Å²) in [5.74, 6) is 0.152. The molecule has 0 bridgehead atoms. The Kier molecular flexibility index (Phi) is 2.79. The van der Waals surface area contributed by atoms with Crippen LogP contribution in [0.5, 0.6) is 0 Å². The lowest BCUT2D eigenvalue weighted by atomic mass is 10.1. The highest BCUT2D eigenvalue weighted by Crippen LogP contribution is 2.35. The average molecular weight is 346 g/mol. The van der Waals surface area contributed by atoms with Gasteiger partial charge in [-0.2, -0.15) is 0 Å². The molecule has 3 nitrogen and oxygen atoms in total. The number of hydrogen-bond acceptors (Lipinski definition) is 2. The van der Waals surface area contributed by atoms with E-state index in [0.29, 0.717) is 10.4 Å². The number of nitrogens with zero attached hydrogens (tertiary/aromatic N) is 2. The van der Waals surface area contributed by atoms with E-state index in [9.17, 15) is 4.39 Å². The van der Waals surface area contributed by atoms with Crippen molar-refractivity contribution in [1.82, 2.24) is 9.55 Å². The second-order valence-corrected chi connectivity index (χ2v) is 6.28. The zero-order chi connectivity index (χ0) is 14.6. The van der Waals surface area contributed by atoms with Gasteiger partial charge in [0.2, 0.25) is 5.95 Å². The van der Waals surface area contributed by atoms with Crippen LogP contribution in [0.3, 0.4) is 0 Å². The number of benzene rings is 2. The molecule has 5 heteroatoms. The SMILES string of the molecule is Nc1nc2cc(Br)c(F)cc2n1C1Cc2ccccc2C1. The topological polar surface area (TPSA) is 43.8 Å². The van der Waals surface area contributed by atoms with Crippen LogP contribution in [0.4, 0.5) is 10.3 Å². The number of fused-ring (bicyclic) bond motifs is 2. The molecule has 2 aromatic carbocycles. The maximum atomic E-state index is 13.9. The summed E-state index contributed by atoms with van der Waals surface area (Å²) in [6.07, 6.45) is 1.81. The van der Waals surface area contributed by atoms with Crippen LogP contribution in [0, 0.1) is 5.82 Å². The van der Waals surface area contributed by atoms with Gasteiger partial charge < -0.3 is 10.3 Å². The maximum Gasteiger partial charge on any atom is 0.201 e. The van der Waals surface area contributed by atoms with Gasteiger partial charge in [-0.15, -0.1) is 0 Å². The zero-order valence-electron chi connectivity index (χ0n) is 11.2. The van der Waals surface area contributed by atoms with Crippen LogP contribution in [-0.4, -0.2) is 9.55 Å². The van der Waals surface area contributed by atoms with Gasteiger partial charge in [-0.25, -0.2) is 9.37 Å². The average Bonchev–Trinajstić information content (AvgIpc) is 2.99. The van der Waals surface area contributed by atoms with Gasteiger partial charge in [0.1, 0.15) is 5.82 Å². The molecule has 0 unspecified atom stereocenters. The van der Waals surface area contributed by atoms with Gasteiger partial charge in [-0.05, 0) is 46.0 Å². The number of anilines is 1. The molecular weight excluding hydrogens is 333 g/mol. The highest BCUT2D eigenvalue weighted by Gasteiger charge is 2.26. The Bertz CT molecular complexity index is 831. The fourth-order valence-electron chi connectivity index (χ4n) is 3.21. The Morgan fingerprint density at radius 1 is 1.19 bits per heavy atom. The van der Waals surface area contributed by atoms with Crippen molar-refractivity contribution >= 4 is 32.9 Å². The number of hydrogen-bond donors (Lipinski definition) is 1. The van der Waals surface area contributed by atoms with E-state index in [1.54, 1.807) is 6.07 Å². The maximum absolute atomic E-state index is 13.9. The minimum Gasteiger partial charge on any atom is -0.369 e. The lowest BCUT2D eigenvalue weighted by Gasteiger charge is -2.14. The Hall–Kier alpha value is -1.88. The van der Waals surface area contributed by atoms with Gasteiger partial charge in [0.25, 0.3) is 0 Å². The molecule has 0 saturated heterocycles. The summed E-state index contributed by atoms with van der Waals surface area (Å²) >= 11 is 3.19. The highest BCUT2D eigenvalue weighted by atomic mass is 79.9. The molecular formula is C16H13BrFN3. The van der Waals surface area contributed by atoms with Gasteiger partial charge in [0.15, 0.2) is 0 Å². The van der Waals surface area contributed by atoms with Gasteiger partial charge in [0, 0.05) is 12.1 Å². The first-order valence-corrected chi connectivity index (χ1v) is 7.62. The van der Waals surface area contributed by atoms with E-state index in [0.717, 1.165) is 23.9 Å². The standard InChI is InChI=1S/C16H13BrFN3/c17-12-7-14-15(8-13(12)18)21(16(19)20-14)11-5-9-3-1-2-4-10(9)6-11/h1-4,7-8,11H,5-6H2,(H2,19,20). The second kappa shape index (κ2) is 4.56. The fraction of sp³-hybridized carbons (Fsp3) is 0.188. The van der Waals surface area contributed by atoms with E-state index >= 15 is 0 Å². The Morgan fingerprint density at radius 2 is 1.86 bits per heavy atom. The second-order valence-electron chi connectivity index (χ2n) is 5.43. The number of nitrogens with two attached hydrogens (primary N) is 1. The quantitative estimate of drug-likeness (QED) is 0.727. The predicted octanol–water partition coefficient (Wildman–Crippen LogP) is 3.86. The Morgan fingerprint density at radius 3 is 2.52 bits per heavy atom. The van der Waals surface area contributed by atoms with E-state index in [2.05, 4.69) is 33.0 Å². The molecule has 1 heterocycles. The van der Waals surface area contributed by atoms with E-state index < -0.39 is 0 Å². The number of rotatable bonds is 1. The van der Waals surface area contributed by atoms with Crippen molar-refractivity contribution in [3.8, 4) is 0 Å². The summed E-state index contributed by atoms with van der Waals surface area (Å²) in [6.45, 7) is 0. The van der Waals surface area contributed by atoms with Crippen molar-refractivity contribution in [2.24, 2.45) is 0 Å². The lowest BCUT2D eigenvalue weighted by Crippen LogP contribution is -2.12.